The molecule has 20 heavy (non-hydrogen) atoms. The number of nitrogens with two attached hydrogens (primary N) is 1. The fourth-order valence-electron chi connectivity index (χ4n) is 1.79. The Labute approximate surface area is 114 Å². The van der Waals surface area contributed by atoms with Crippen molar-refractivity contribution in [2.75, 3.05) is 5.32 Å². The van der Waals surface area contributed by atoms with E-state index in [0.717, 1.165) is 4.68 Å². The summed E-state index contributed by atoms with van der Waals surface area (Å²) in [7, 11) is 0. The van der Waals surface area contributed by atoms with Gasteiger partial charge in [0.25, 0.3) is 6.43 Å². The number of benzene rings is 1. The fraction of sp³-hybridized carbons (Fsp3) is 0.231. The van der Waals surface area contributed by atoms with Crippen molar-refractivity contribution in [3.05, 3.63) is 48.2 Å². The summed E-state index contributed by atoms with van der Waals surface area (Å²) in [4.78, 5) is 11.5. The molecule has 0 aliphatic heterocycles. The first kappa shape index (κ1) is 14.0. The van der Waals surface area contributed by atoms with E-state index in [-0.39, 0.29) is 0 Å². The third-order valence-electron chi connectivity index (χ3n) is 2.68. The van der Waals surface area contributed by atoms with E-state index in [1.807, 2.05) is 6.07 Å². The quantitative estimate of drug-likeness (QED) is 0.847. The molecular weight excluding hydrogens is 266 g/mol. The molecule has 0 radical (unpaired) electrons. The van der Waals surface area contributed by atoms with Crippen LogP contribution in [0.15, 0.2) is 42.6 Å². The van der Waals surface area contributed by atoms with Gasteiger partial charge in [0.15, 0.2) is 0 Å². The van der Waals surface area contributed by atoms with Crippen molar-refractivity contribution in [3.8, 4) is 0 Å². The van der Waals surface area contributed by atoms with Gasteiger partial charge in [-0.05, 0) is 5.56 Å². The first-order valence-corrected chi connectivity index (χ1v) is 5.98. The summed E-state index contributed by atoms with van der Waals surface area (Å²) in [6.07, 6.45) is -1.07. The maximum absolute atomic E-state index is 12.2. The average Bonchev–Trinajstić information content (AvgIpc) is 2.83. The summed E-state index contributed by atoms with van der Waals surface area (Å²) in [6.45, 7) is -0.492. The van der Waals surface area contributed by atoms with Gasteiger partial charge < -0.3 is 11.1 Å². The zero-order valence-electron chi connectivity index (χ0n) is 10.5. The first-order chi connectivity index (χ1) is 9.56. The summed E-state index contributed by atoms with van der Waals surface area (Å²) < 4.78 is 25.6. The highest BCUT2D eigenvalue weighted by atomic mass is 19.3. The van der Waals surface area contributed by atoms with Gasteiger partial charge in [0.2, 0.25) is 5.91 Å². The molecule has 7 heteroatoms. The Morgan fingerprint density at radius 1 is 1.30 bits per heavy atom. The largest absolute Gasteiger partial charge is 0.368 e. The molecule has 106 valence electrons. The lowest BCUT2D eigenvalue weighted by atomic mass is 10.1. The number of hydrogen-bond acceptors (Lipinski definition) is 3. The first-order valence-electron chi connectivity index (χ1n) is 5.98. The molecule has 1 aromatic heterocycles. The van der Waals surface area contributed by atoms with Crippen LogP contribution in [0, 0.1) is 0 Å². The van der Waals surface area contributed by atoms with E-state index >= 15 is 0 Å². The highest BCUT2D eigenvalue weighted by Crippen LogP contribution is 2.18. The second-order valence-corrected chi connectivity index (χ2v) is 4.20. The Morgan fingerprint density at radius 3 is 2.60 bits per heavy atom. The molecule has 0 aliphatic carbocycles. The third-order valence-corrected chi connectivity index (χ3v) is 2.68. The number of halogens is 2. The van der Waals surface area contributed by atoms with Crippen LogP contribution < -0.4 is 11.1 Å². The van der Waals surface area contributed by atoms with Gasteiger partial charge in [-0.15, -0.1) is 0 Å². The van der Waals surface area contributed by atoms with Gasteiger partial charge >= 0.3 is 0 Å². The van der Waals surface area contributed by atoms with Crippen molar-refractivity contribution in [1.29, 1.82) is 0 Å². The summed E-state index contributed by atoms with van der Waals surface area (Å²) in [5.41, 5.74) is 6.03. The maximum Gasteiger partial charge on any atom is 0.257 e. The molecule has 3 N–H and O–H groups in total. The summed E-state index contributed by atoms with van der Waals surface area (Å²) in [5.74, 6) is -0.252. The van der Waals surface area contributed by atoms with Crippen LogP contribution >= 0.6 is 0 Å². The van der Waals surface area contributed by atoms with E-state index in [1.165, 1.54) is 12.3 Å². The van der Waals surface area contributed by atoms with Gasteiger partial charge in [0.1, 0.15) is 18.4 Å². The lowest BCUT2D eigenvalue weighted by molar-refractivity contribution is -0.118. The summed E-state index contributed by atoms with van der Waals surface area (Å²) in [5, 5.41) is 6.75. The van der Waals surface area contributed by atoms with Gasteiger partial charge in [-0.2, -0.15) is 5.10 Å². The number of hydrogen-bond donors (Lipinski definition) is 2. The zero-order chi connectivity index (χ0) is 14.5. The minimum atomic E-state index is -2.48. The number of alkyl halides is 2. The van der Waals surface area contributed by atoms with Crippen molar-refractivity contribution < 1.29 is 13.6 Å². The van der Waals surface area contributed by atoms with E-state index < -0.39 is 24.9 Å². The van der Waals surface area contributed by atoms with Crippen LogP contribution in [0.2, 0.25) is 0 Å². The number of nitrogens with zero attached hydrogens (tertiary/aromatic N) is 2. The standard InChI is InChI=1S/C13H14F2N4O/c14-10(15)8-19-7-6-11(18-19)17-12(13(16)20)9-4-2-1-3-5-9/h1-7,10,12H,8H2,(H2,16,20)(H,17,18)/t12-/m0/s1. The molecule has 0 spiro atoms. The highest BCUT2D eigenvalue weighted by molar-refractivity contribution is 5.84. The smallest absolute Gasteiger partial charge is 0.257 e. The van der Waals surface area contributed by atoms with Crippen LogP contribution in [0.5, 0.6) is 0 Å². The minimum Gasteiger partial charge on any atom is -0.368 e. The van der Waals surface area contributed by atoms with Gasteiger partial charge in [0, 0.05) is 12.3 Å². The molecule has 1 heterocycles. The highest BCUT2D eigenvalue weighted by Gasteiger charge is 2.18. The second-order valence-electron chi connectivity index (χ2n) is 4.20. The number of carbonyl (C=O) groups excluding carboxylic acids is 1. The molecule has 0 bridgehead atoms. The van der Waals surface area contributed by atoms with Crippen molar-refractivity contribution in [1.82, 2.24) is 9.78 Å². The number of carbonyl (C=O) groups is 1. The summed E-state index contributed by atoms with van der Waals surface area (Å²) in [6, 6.07) is 9.63. The van der Waals surface area contributed by atoms with Gasteiger partial charge in [-0.25, -0.2) is 8.78 Å². The predicted octanol–water partition coefficient (Wildman–Crippen LogP) is 1.79. The zero-order valence-corrected chi connectivity index (χ0v) is 10.5. The van der Waals surface area contributed by atoms with Crippen LogP contribution in [0.4, 0.5) is 14.6 Å². The van der Waals surface area contributed by atoms with Crippen molar-refractivity contribution >= 4 is 11.7 Å². The van der Waals surface area contributed by atoms with E-state index in [1.54, 1.807) is 24.3 Å². The lowest BCUT2D eigenvalue weighted by Crippen LogP contribution is -2.27. The van der Waals surface area contributed by atoms with E-state index in [2.05, 4.69) is 10.4 Å². The maximum atomic E-state index is 12.2. The Balaban J connectivity index is 2.13. The summed E-state index contributed by atoms with van der Waals surface area (Å²) >= 11 is 0. The minimum absolute atomic E-state index is 0.318. The van der Waals surface area contributed by atoms with Crippen LogP contribution in [0.1, 0.15) is 11.6 Å². The molecule has 1 aromatic carbocycles. The number of amides is 1. The van der Waals surface area contributed by atoms with E-state index in [0.29, 0.717) is 11.4 Å². The second kappa shape index (κ2) is 6.14. The molecule has 0 aliphatic rings. The number of nitrogens with one attached hydrogen (secondary N) is 1. The number of anilines is 1. The van der Waals surface area contributed by atoms with Crippen molar-refractivity contribution in [2.24, 2.45) is 5.73 Å². The Morgan fingerprint density at radius 2 is 2.00 bits per heavy atom. The molecule has 5 nitrogen and oxygen atoms in total. The molecule has 0 fully saturated rings. The van der Waals surface area contributed by atoms with Crippen LogP contribution in [0.25, 0.3) is 0 Å². The van der Waals surface area contributed by atoms with E-state index in [4.69, 9.17) is 5.73 Å². The number of rotatable bonds is 6. The Kier molecular flexibility index (Phi) is 4.29. The number of aromatic nitrogens is 2. The van der Waals surface area contributed by atoms with Crippen molar-refractivity contribution in [3.63, 3.8) is 0 Å². The normalized spacial score (nSPS) is 12.3. The SMILES string of the molecule is NC(=O)[C@@H](Nc1ccn(CC(F)F)n1)c1ccccc1. The fourth-order valence-corrected chi connectivity index (χ4v) is 1.79. The Hall–Kier alpha value is -2.44. The molecule has 0 unspecified atom stereocenters. The monoisotopic (exact) mass is 280 g/mol. The molecule has 2 rings (SSSR count). The van der Waals surface area contributed by atoms with Crippen LogP contribution in [-0.2, 0) is 11.3 Å². The van der Waals surface area contributed by atoms with Crippen LogP contribution in [-0.4, -0.2) is 22.1 Å². The molecule has 2 aromatic rings. The molecule has 1 amide bonds. The molecule has 0 saturated carbocycles. The van der Waals surface area contributed by atoms with Crippen LogP contribution in [0.3, 0.4) is 0 Å². The molecule has 1 atom stereocenters. The number of primary amides is 1. The Bertz CT molecular complexity index is 571. The van der Waals surface area contributed by atoms with E-state index in [9.17, 15) is 13.6 Å². The van der Waals surface area contributed by atoms with Crippen molar-refractivity contribution in [2.45, 2.75) is 19.0 Å². The average molecular weight is 280 g/mol. The lowest BCUT2D eigenvalue weighted by Gasteiger charge is -2.15. The van der Waals surface area contributed by atoms with Gasteiger partial charge in [-0.1, -0.05) is 30.3 Å². The predicted molar refractivity (Wildman–Crippen MR) is 70.2 cm³/mol. The van der Waals surface area contributed by atoms with Gasteiger partial charge in [-0.3, -0.25) is 9.48 Å². The topological polar surface area (TPSA) is 72.9 Å². The molecule has 0 saturated heterocycles. The molecular formula is C13H14F2N4O. The third kappa shape index (κ3) is 3.53. The van der Waals surface area contributed by atoms with Gasteiger partial charge in [0.05, 0.1) is 0 Å².